The van der Waals surface area contributed by atoms with E-state index in [4.69, 9.17) is 15.2 Å². The number of ether oxygens (including phenoxy) is 2. The number of fused-ring (bicyclic) bond motifs is 1. The van der Waals surface area contributed by atoms with Crippen LogP contribution in [0.3, 0.4) is 0 Å². The molecule has 2 rings (SSSR count). The first kappa shape index (κ1) is 13.6. The first-order valence-electron chi connectivity index (χ1n) is 6.39. The van der Waals surface area contributed by atoms with Crippen LogP contribution in [0.25, 0.3) is 10.9 Å². The number of methoxy groups -OCH3 is 2. The van der Waals surface area contributed by atoms with Crippen LogP contribution in [-0.4, -0.2) is 25.7 Å². The van der Waals surface area contributed by atoms with E-state index in [0.717, 1.165) is 28.8 Å². The Labute approximate surface area is 113 Å². The number of hydrogen-bond acceptors (Lipinski definition) is 4. The van der Waals surface area contributed by atoms with Crippen LogP contribution in [0.5, 0.6) is 11.5 Å². The lowest BCUT2D eigenvalue weighted by Gasteiger charge is -2.11. The largest absolute Gasteiger partial charge is 0.493 e. The number of pyridine rings is 1. The average Bonchev–Trinajstić information content (AvgIpc) is 2.45. The van der Waals surface area contributed by atoms with Gasteiger partial charge in [0.25, 0.3) is 0 Å². The predicted octanol–water partition coefficient (Wildman–Crippen LogP) is 2.39. The highest BCUT2D eigenvalue weighted by molar-refractivity contribution is 5.82. The molecule has 4 heteroatoms. The number of aromatic nitrogens is 1. The molecule has 0 saturated carbocycles. The molecule has 0 saturated heterocycles. The zero-order valence-electron chi connectivity index (χ0n) is 11.6. The monoisotopic (exact) mass is 260 g/mol. The zero-order chi connectivity index (χ0) is 13.8. The molecule has 19 heavy (non-hydrogen) atoms. The van der Waals surface area contributed by atoms with Gasteiger partial charge in [-0.25, -0.2) is 0 Å². The van der Waals surface area contributed by atoms with Gasteiger partial charge in [0.2, 0.25) is 0 Å². The van der Waals surface area contributed by atoms with Gasteiger partial charge in [0, 0.05) is 17.1 Å². The summed E-state index contributed by atoms with van der Waals surface area (Å²) < 4.78 is 10.6. The van der Waals surface area contributed by atoms with Crippen LogP contribution in [0.1, 0.15) is 12.6 Å². The predicted molar refractivity (Wildman–Crippen MR) is 76.8 cm³/mol. The van der Waals surface area contributed by atoms with Crippen molar-refractivity contribution in [3.05, 3.63) is 30.0 Å². The topological polar surface area (TPSA) is 57.4 Å². The number of benzene rings is 1. The summed E-state index contributed by atoms with van der Waals surface area (Å²) in [6.07, 6.45) is 0.890. The Hall–Kier alpha value is -1.81. The fourth-order valence-electron chi connectivity index (χ4n) is 2.05. The molecule has 0 spiro atoms. The molecule has 4 nitrogen and oxygen atoms in total. The number of nitrogens with zero attached hydrogens (tertiary/aromatic N) is 1. The Morgan fingerprint density at radius 2 is 1.84 bits per heavy atom. The van der Waals surface area contributed by atoms with Crippen LogP contribution in [0.2, 0.25) is 0 Å². The molecular weight excluding hydrogens is 240 g/mol. The third-order valence-electron chi connectivity index (χ3n) is 3.21. The van der Waals surface area contributed by atoms with Crippen molar-refractivity contribution in [2.75, 3.05) is 20.8 Å². The highest BCUT2D eigenvalue weighted by atomic mass is 16.5. The Bertz CT molecular complexity index is 569. The zero-order valence-corrected chi connectivity index (χ0v) is 11.6. The lowest BCUT2D eigenvalue weighted by molar-refractivity contribution is 0.356. The van der Waals surface area contributed by atoms with E-state index in [2.05, 4.69) is 18.0 Å². The van der Waals surface area contributed by atoms with E-state index in [0.29, 0.717) is 18.2 Å². The number of nitrogens with two attached hydrogens (primary N) is 1. The van der Waals surface area contributed by atoms with Gasteiger partial charge in [0.05, 0.1) is 19.7 Å². The van der Waals surface area contributed by atoms with E-state index in [1.807, 2.05) is 18.2 Å². The Balaban J connectivity index is 2.42. The van der Waals surface area contributed by atoms with Crippen LogP contribution in [0, 0.1) is 5.92 Å². The third-order valence-corrected chi connectivity index (χ3v) is 3.21. The molecule has 0 radical (unpaired) electrons. The van der Waals surface area contributed by atoms with Gasteiger partial charge in [-0.1, -0.05) is 13.0 Å². The molecule has 1 atom stereocenters. The second-order valence-electron chi connectivity index (χ2n) is 4.75. The molecule has 0 aliphatic heterocycles. The van der Waals surface area contributed by atoms with E-state index in [-0.39, 0.29) is 0 Å². The van der Waals surface area contributed by atoms with Crippen molar-refractivity contribution in [1.82, 2.24) is 4.98 Å². The molecule has 1 heterocycles. The van der Waals surface area contributed by atoms with Gasteiger partial charge in [-0.15, -0.1) is 0 Å². The second kappa shape index (κ2) is 5.89. The molecule has 0 fully saturated rings. The number of hydrogen-bond donors (Lipinski definition) is 1. The van der Waals surface area contributed by atoms with E-state index in [1.54, 1.807) is 14.2 Å². The van der Waals surface area contributed by atoms with Crippen molar-refractivity contribution < 1.29 is 9.47 Å². The van der Waals surface area contributed by atoms with E-state index in [9.17, 15) is 0 Å². The average molecular weight is 260 g/mol. The van der Waals surface area contributed by atoms with Crippen molar-refractivity contribution in [2.24, 2.45) is 11.7 Å². The minimum absolute atomic E-state index is 0.435. The molecular formula is C15H20N2O2. The van der Waals surface area contributed by atoms with E-state index >= 15 is 0 Å². The lowest BCUT2D eigenvalue weighted by Crippen LogP contribution is -2.13. The van der Waals surface area contributed by atoms with Crippen molar-refractivity contribution in [3.8, 4) is 11.5 Å². The van der Waals surface area contributed by atoms with Crippen molar-refractivity contribution in [2.45, 2.75) is 13.3 Å². The van der Waals surface area contributed by atoms with Gasteiger partial charge >= 0.3 is 0 Å². The second-order valence-corrected chi connectivity index (χ2v) is 4.75. The summed E-state index contributed by atoms with van der Waals surface area (Å²) in [6.45, 7) is 2.80. The SMILES string of the molecule is COc1cc2ccc(CC(C)CN)nc2cc1OC. The maximum absolute atomic E-state index is 5.65. The van der Waals surface area contributed by atoms with Crippen LogP contribution < -0.4 is 15.2 Å². The summed E-state index contributed by atoms with van der Waals surface area (Å²) in [7, 11) is 3.26. The molecule has 0 bridgehead atoms. The van der Waals surface area contributed by atoms with Gasteiger partial charge in [0.1, 0.15) is 0 Å². The highest BCUT2D eigenvalue weighted by Gasteiger charge is 2.08. The summed E-state index contributed by atoms with van der Waals surface area (Å²) in [5, 5.41) is 1.04. The maximum atomic E-state index is 5.65. The Morgan fingerprint density at radius 1 is 1.16 bits per heavy atom. The minimum atomic E-state index is 0.435. The van der Waals surface area contributed by atoms with E-state index in [1.165, 1.54) is 0 Å². The third kappa shape index (κ3) is 2.96. The van der Waals surface area contributed by atoms with E-state index < -0.39 is 0 Å². The highest BCUT2D eigenvalue weighted by Crippen LogP contribution is 2.31. The molecule has 1 unspecified atom stereocenters. The van der Waals surface area contributed by atoms with Crippen LogP contribution in [0.4, 0.5) is 0 Å². The fourth-order valence-corrected chi connectivity index (χ4v) is 2.05. The van der Waals surface area contributed by atoms with Gasteiger partial charge in [0.15, 0.2) is 11.5 Å². The maximum Gasteiger partial charge on any atom is 0.162 e. The first-order valence-corrected chi connectivity index (χ1v) is 6.39. The Kier molecular flexibility index (Phi) is 4.22. The molecule has 0 aliphatic carbocycles. The lowest BCUT2D eigenvalue weighted by atomic mass is 10.0. The summed E-state index contributed by atoms with van der Waals surface area (Å²) in [5.74, 6) is 1.86. The van der Waals surface area contributed by atoms with Gasteiger partial charge in [-0.05, 0) is 31.0 Å². The summed E-state index contributed by atoms with van der Waals surface area (Å²) >= 11 is 0. The van der Waals surface area contributed by atoms with Crippen molar-refractivity contribution in [1.29, 1.82) is 0 Å². The van der Waals surface area contributed by atoms with Crippen LogP contribution in [0.15, 0.2) is 24.3 Å². The summed E-state index contributed by atoms with van der Waals surface area (Å²) in [4.78, 5) is 4.66. The molecule has 2 aromatic rings. The quantitative estimate of drug-likeness (QED) is 0.896. The molecule has 102 valence electrons. The van der Waals surface area contributed by atoms with Crippen molar-refractivity contribution in [3.63, 3.8) is 0 Å². The van der Waals surface area contributed by atoms with Gasteiger partial charge < -0.3 is 15.2 Å². The Morgan fingerprint density at radius 3 is 2.47 bits per heavy atom. The summed E-state index contributed by atoms with van der Waals surface area (Å²) in [5.41, 5.74) is 7.62. The smallest absolute Gasteiger partial charge is 0.162 e. The normalized spacial score (nSPS) is 12.4. The molecule has 0 aliphatic rings. The van der Waals surface area contributed by atoms with Gasteiger partial charge in [-0.3, -0.25) is 4.98 Å². The molecule has 0 amide bonds. The van der Waals surface area contributed by atoms with Gasteiger partial charge in [-0.2, -0.15) is 0 Å². The summed E-state index contributed by atoms with van der Waals surface area (Å²) in [6, 6.07) is 7.95. The minimum Gasteiger partial charge on any atom is -0.493 e. The van der Waals surface area contributed by atoms with Crippen LogP contribution in [-0.2, 0) is 6.42 Å². The molecule has 1 aromatic carbocycles. The van der Waals surface area contributed by atoms with Crippen LogP contribution >= 0.6 is 0 Å². The standard InChI is InChI=1S/C15H20N2O2/c1-10(9-16)6-12-5-4-11-7-14(18-2)15(19-3)8-13(11)17-12/h4-5,7-8,10H,6,9,16H2,1-3H3. The van der Waals surface area contributed by atoms with Crippen molar-refractivity contribution >= 4 is 10.9 Å². The first-order chi connectivity index (χ1) is 9.17. The fraction of sp³-hybridized carbons (Fsp3) is 0.400. The number of rotatable bonds is 5. The molecule has 2 N–H and O–H groups in total. The molecule has 1 aromatic heterocycles.